The second kappa shape index (κ2) is 5.66. The maximum Gasteiger partial charge on any atom is 0.176 e. The van der Waals surface area contributed by atoms with Gasteiger partial charge in [0.15, 0.2) is 15.6 Å². The highest BCUT2D eigenvalue weighted by Crippen LogP contribution is 2.25. The van der Waals surface area contributed by atoms with Crippen molar-refractivity contribution in [1.29, 1.82) is 0 Å². The lowest BCUT2D eigenvalue weighted by Gasteiger charge is -2.07. The lowest BCUT2D eigenvalue weighted by atomic mass is 10.1. The van der Waals surface area contributed by atoms with E-state index in [4.69, 9.17) is 0 Å². The molecule has 94 valence electrons. The molecule has 0 radical (unpaired) electrons. The molecule has 6 heteroatoms. The van der Waals surface area contributed by atoms with E-state index in [1.165, 1.54) is 17.8 Å². The van der Waals surface area contributed by atoms with Gasteiger partial charge >= 0.3 is 0 Å². The van der Waals surface area contributed by atoms with Crippen LogP contribution in [0.25, 0.3) is 0 Å². The molecule has 0 heterocycles. The molecule has 0 unspecified atom stereocenters. The largest absolute Gasteiger partial charge is 0.313 e. The van der Waals surface area contributed by atoms with Crippen molar-refractivity contribution < 1.29 is 13.2 Å². The second-order valence-electron chi connectivity index (χ2n) is 3.59. The molecule has 0 atom stereocenters. The number of rotatable bonds is 5. The molecule has 0 saturated carbocycles. The topological polar surface area (TPSA) is 63.2 Å². The molecular weight excluding hydrogens is 258 g/mol. The van der Waals surface area contributed by atoms with Gasteiger partial charge in [-0.2, -0.15) is 0 Å². The van der Waals surface area contributed by atoms with Gasteiger partial charge in [-0.25, -0.2) is 8.42 Å². The third-order valence-corrected chi connectivity index (χ3v) is 4.28. The van der Waals surface area contributed by atoms with Crippen LogP contribution in [-0.2, 0) is 9.84 Å². The third kappa shape index (κ3) is 3.55. The van der Waals surface area contributed by atoms with Gasteiger partial charge in [0.25, 0.3) is 0 Å². The third-order valence-electron chi connectivity index (χ3n) is 2.22. The molecule has 1 N–H and O–H groups in total. The van der Waals surface area contributed by atoms with Crippen molar-refractivity contribution in [2.45, 2.75) is 9.79 Å². The Morgan fingerprint density at radius 1 is 1.41 bits per heavy atom. The Balaban J connectivity index is 3.28. The molecule has 0 aliphatic carbocycles. The highest BCUT2D eigenvalue weighted by Gasteiger charge is 2.15. The number of benzene rings is 1. The van der Waals surface area contributed by atoms with Gasteiger partial charge in [-0.05, 0) is 25.4 Å². The van der Waals surface area contributed by atoms with E-state index in [0.29, 0.717) is 10.5 Å². The molecule has 1 rings (SSSR count). The molecule has 0 aromatic heterocycles. The summed E-state index contributed by atoms with van der Waals surface area (Å²) in [4.78, 5) is 12.5. The Hall–Kier alpha value is -0.850. The molecule has 0 fully saturated rings. The number of carbonyl (C=O) groups excluding carboxylic acids is 1. The zero-order chi connectivity index (χ0) is 13.1. The van der Waals surface area contributed by atoms with Gasteiger partial charge in [-0.1, -0.05) is 6.07 Å². The molecule has 0 bridgehead atoms. The van der Waals surface area contributed by atoms with Crippen LogP contribution in [0.15, 0.2) is 28.0 Å². The Labute approximate surface area is 106 Å². The lowest BCUT2D eigenvalue weighted by molar-refractivity contribution is 0.0993. The van der Waals surface area contributed by atoms with Crippen LogP contribution in [0.3, 0.4) is 0 Å². The van der Waals surface area contributed by atoms with Crippen molar-refractivity contribution in [1.82, 2.24) is 5.32 Å². The summed E-state index contributed by atoms with van der Waals surface area (Å²) in [5.74, 6) is -0.120. The number of nitrogens with one attached hydrogen (secondary N) is 1. The molecule has 0 spiro atoms. The predicted molar refractivity (Wildman–Crippen MR) is 69.6 cm³/mol. The maximum atomic E-state index is 11.7. The Kier molecular flexibility index (Phi) is 4.73. The van der Waals surface area contributed by atoms with Gasteiger partial charge in [0.2, 0.25) is 0 Å². The van der Waals surface area contributed by atoms with Gasteiger partial charge in [0.1, 0.15) is 0 Å². The van der Waals surface area contributed by atoms with E-state index < -0.39 is 9.84 Å². The highest BCUT2D eigenvalue weighted by molar-refractivity contribution is 7.99. The zero-order valence-electron chi connectivity index (χ0n) is 9.98. The van der Waals surface area contributed by atoms with E-state index in [1.54, 1.807) is 25.4 Å². The number of thioether (sulfide) groups is 1. The van der Waals surface area contributed by atoms with E-state index in [9.17, 15) is 13.2 Å². The highest BCUT2D eigenvalue weighted by atomic mass is 32.2. The van der Waals surface area contributed by atoms with Crippen molar-refractivity contribution in [2.24, 2.45) is 0 Å². The molecule has 0 aliphatic heterocycles. The van der Waals surface area contributed by atoms with E-state index in [0.717, 1.165) is 6.26 Å². The van der Waals surface area contributed by atoms with Gasteiger partial charge in [0, 0.05) is 16.7 Å². The van der Waals surface area contributed by atoms with Crippen LogP contribution in [0.1, 0.15) is 10.4 Å². The first-order valence-corrected chi connectivity index (χ1v) is 8.07. The smallest absolute Gasteiger partial charge is 0.176 e. The first-order valence-electron chi connectivity index (χ1n) is 4.96. The Bertz CT molecular complexity index is 524. The van der Waals surface area contributed by atoms with Gasteiger partial charge < -0.3 is 5.32 Å². The van der Waals surface area contributed by atoms with Gasteiger partial charge in [0.05, 0.1) is 11.4 Å². The van der Waals surface area contributed by atoms with E-state index >= 15 is 0 Å². The molecule has 0 amide bonds. The molecule has 1 aromatic carbocycles. The SMILES string of the molecule is CNCC(=O)c1ccc(SC)c(S(C)(=O)=O)c1. The van der Waals surface area contributed by atoms with Crippen LogP contribution >= 0.6 is 11.8 Å². The number of sulfone groups is 1. The van der Waals surface area contributed by atoms with Crippen LogP contribution in [0.2, 0.25) is 0 Å². The summed E-state index contributed by atoms with van der Waals surface area (Å²) in [7, 11) is -1.64. The lowest BCUT2D eigenvalue weighted by Crippen LogP contribution is -2.18. The molecule has 1 aromatic rings. The Morgan fingerprint density at radius 3 is 2.53 bits per heavy atom. The quantitative estimate of drug-likeness (QED) is 0.645. The average Bonchev–Trinajstić information content (AvgIpc) is 2.27. The van der Waals surface area contributed by atoms with E-state index in [1.807, 2.05) is 0 Å². The summed E-state index contributed by atoms with van der Waals surface area (Å²) in [5.41, 5.74) is 0.414. The standard InChI is InChI=1S/C11H15NO3S2/c1-12-7-9(13)8-4-5-10(16-2)11(6-8)17(3,14)15/h4-6,12H,7H2,1-3H3. The number of ketones is 1. The fourth-order valence-corrected chi connectivity index (χ4v) is 3.35. The normalized spacial score (nSPS) is 11.5. The maximum absolute atomic E-state index is 11.7. The van der Waals surface area contributed by atoms with Crippen LogP contribution in [0, 0.1) is 0 Å². The minimum Gasteiger partial charge on any atom is -0.313 e. The minimum absolute atomic E-state index is 0.120. The summed E-state index contributed by atoms with van der Waals surface area (Å²) >= 11 is 1.35. The minimum atomic E-state index is -3.31. The monoisotopic (exact) mass is 273 g/mol. The van der Waals surface area contributed by atoms with Crippen molar-refractivity contribution >= 4 is 27.4 Å². The number of likely N-dealkylation sites (N-methyl/N-ethyl adjacent to an activating group) is 1. The van der Waals surface area contributed by atoms with Crippen LogP contribution in [0.5, 0.6) is 0 Å². The number of Topliss-reactive ketones (excluding diaryl/α,β-unsaturated/α-hetero) is 1. The van der Waals surface area contributed by atoms with E-state index in [2.05, 4.69) is 5.32 Å². The van der Waals surface area contributed by atoms with Crippen LogP contribution < -0.4 is 5.32 Å². The zero-order valence-corrected chi connectivity index (χ0v) is 11.6. The summed E-state index contributed by atoms with van der Waals surface area (Å²) in [6.45, 7) is 0.196. The number of hydrogen-bond donors (Lipinski definition) is 1. The summed E-state index contributed by atoms with van der Waals surface area (Å²) in [5, 5.41) is 2.75. The predicted octanol–water partition coefficient (Wildman–Crippen LogP) is 1.21. The molecule has 4 nitrogen and oxygen atoms in total. The number of carbonyl (C=O) groups is 1. The van der Waals surface area contributed by atoms with Gasteiger partial charge in [-0.15, -0.1) is 11.8 Å². The second-order valence-corrected chi connectivity index (χ2v) is 6.42. The van der Waals surface area contributed by atoms with Crippen molar-refractivity contribution in [3.8, 4) is 0 Å². The molecule has 17 heavy (non-hydrogen) atoms. The molecular formula is C11H15NO3S2. The molecule has 0 saturated heterocycles. The Morgan fingerprint density at radius 2 is 2.06 bits per heavy atom. The summed E-state index contributed by atoms with van der Waals surface area (Å²) < 4.78 is 23.2. The fraction of sp³-hybridized carbons (Fsp3) is 0.364. The molecule has 0 aliphatic rings. The first kappa shape index (κ1) is 14.2. The average molecular weight is 273 g/mol. The first-order chi connectivity index (χ1) is 7.90. The van der Waals surface area contributed by atoms with Crippen LogP contribution in [0.4, 0.5) is 0 Å². The fourth-order valence-electron chi connectivity index (χ4n) is 1.40. The summed E-state index contributed by atoms with van der Waals surface area (Å²) in [6, 6.07) is 4.77. The van der Waals surface area contributed by atoms with Crippen LogP contribution in [-0.4, -0.2) is 40.3 Å². The van der Waals surface area contributed by atoms with E-state index in [-0.39, 0.29) is 17.2 Å². The van der Waals surface area contributed by atoms with Crippen molar-refractivity contribution in [3.05, 3.63) is 23.8 Å². The summed E-state index contributed by atoms with van der Waals surface area (Å²) in [6.07, 6.45) is 2.95. The van der Waals surface area contributed by atoms with Crippen molar-refractivity contribution in [3.63, 3.8) is 0 Å². The van der Waals surface area contributed by atoms with Crippen molar-refractivity contribution in [2.75, 3.05) is 26.1 Å². The number of hydrogen-bond acceptors (Lipinski definition) is 5. The van der Waals surface area contributed by atoms with Gasteiger partial charge in [-0.3, -0.25) is 4.79 Å².